The van der Waals surface area contributed by atoms with Gasteiger partial charge in [0.1, 0.15) is 18.2 Å². The molecule has 202 valence electrons. The zero-order valence-electron chi connectivity index (χ0n) is 23.1. The van der Waals surface area contributed by atoms with Gasteiger partial charge in [-0.2, -0.15) is 0 Å². The Morgan fingerprint density at radius 3 is 2.59 bits per heavy atom. The quantitative estimate of drug-likeness (QED) is 0.351. The molecule has 1 spiro atoms. The van der Waals surface area contributed by atoms with Crippen molar-refractivity contribution >= 4 is 11.5 Å². The van der Waals surface area contributed by atoms with Crippen LogP contribution in [0.25, 0.3) is 16.7 Å². The van der Waals surface area contributed by atoms with Crippen molar-refractivity contribution in [1.29, 1.82) is 0 Å². The molecule has 1 fully saturated rings. The molecule has 0 aliphatic heterocycles. The van der Waals surface area contributed by atoms with Crippen LogP contribution in [0, 0.1) is 24.1 Å². The Hall–Kier alpha value is -3.40. The van der Waals surface area contributed by atoms with Crippen molar-refractivity contribution in [3.63, 3.8) is 0 Å². The highest BCUT2D eigenvalue weighted by atomic mass is 19.1. The van der Waals surface area contributed by atoms with Crippen LogP contribution in [-0.2, 0) is 23.2 Å². The van der Waals surface area contributed by atoms with Gasteiger partial charge in [0.2, 0.25) is 0 Å². The molecular formula is C35H37FO3. The molecular weight excluding hydrogens is 487 g/mol. The van der Waals surface area contributed by atoms with Gasteiger partial charge in [-0.15, -0.1) is 0 Å². The minimum atomic E-state index is -0.684. The van der Waals surface area contributed by atoms with Gasteiger partial charge in [-0.05, 0) is 115 Å². The van der Waals surface area contributed by atoms with Crippen molar-refractivity contribution in [3.8, 4) is 16.9 Å². The lowest BCUT2D eigenvalue weighted by Crippen LogP contribution is -2.16. The molecule has 0 radical (unpaired) electrons. The van der Waals surface area contributed by atoms with Gasteiger partial charge in [0.25, 0.3) is 0 Å². The third-order valence-corrected chi connectivity index (χ3v) is 9.35. The van der Waals surface area contributed by atoms with Crippen molar-refractivity contribution in [2.24, 2.45) is 11.3 Å². The smallest absolute Gasteiger partial charge is 0.307 e. The fraction of sp³-hybridized carbons (Fsp3) is 0.400. The van der Waals surface area contributed by atoms with Crippen LogP contribution in [-0.4, -0.2) is 11.1 Å². The Kier molecular flexibility index (Phi) is 6.40. The fourth-order valence-electron chi connectivity index (χ4n) is 7.03. The number of carboxylic acids is 1. The number of carboxylic acid groups (broad SMARTS) is 1. The van der Waals surface area contributed by atoms with E-state index in [1.807, 2.05) is 37.3 Å². The zero-order valence-corrected chi connectivity index (χ0v) is 23.1. The van der Waals surface area contributed by atoms with Crippen molar-refractivity contribution in [2.45, 2.75) is 77.7 Å². The summed E-state index contributed by atoms with van der Waals surface area (Å²) < 4.78 is 21.3. The van der Waals surface area contributed by atoms with Crippen LogP contribution in [0.5, 0.6) is 5.75 Å². The summed E-state index contributed by atoms with van der Waals surface area (Å²) in [6.45, 7) is 6.92. The Balaban J connectivity index is 1.32. The Labute approximate surface area is 230 Å². The summed E-state index contributed by atoms with van der Waals surface area (Å²) in [4.78, 5) is 11.8. The SMILES string of the molecule is Cc1ccc(F)c(-c2ccc(COc3ccc4c(c3)[C@]3(CCCC4)C[C@@H]3C(=O)O)cc2C2=CCCC2(C)C)c1. The highest BCUT2D eigenvalue weighted by Crippen LogP contribution is 2.60. The normalized spacial score (nSPS) is 23.2. The predicted molar refractivity (Wildman–Crippen MR) is 153 cm³/mol. The molecule has 0 heterocycles. The molecule has 0 bridgehead atoms. The van der Waals surface area contributed by atoms with Crippen LogP contribution in [0.2, 0.25) is 0 Å². The number of benzene rings is 3. The fourth-order valence-corrected chi connectivity index (χ4v) is 7.03. The first kappa shape index (κ1) is 25.9. The maximum absolute atomic E-state index is 15.0. The van der Waals surface area contributed by atoms with Gasteiger partial charge < -0.3 is 9.84 Å². The molecule has 4 heteroatoms. The number of hydrogen-bond acceptors (Lipinski definition) is 2. The number of fused-ring (bicyclic) bond motifs is 2. The van der Waals surface area contributed by atoms with Gasteiger partial charge in [0, 0.05) is 11.0 Å². The number of aliphatic carboxylic acids is 1. The van der Waals surface area contributed by atoms with Crippen molar-refractivity contribution < 1.29 is 19.0 Å². The van der Waals surface area contributed by atoms with E-state index in [0.717, 1.165) is 72.9 Å². The van der Waals surface area contributed by atoms with Crippen LogP contribution in [0.1, 0.15) is 80.2 Å². The molecule has 1 saturated carbocycles. The standard InChI is InChI=1S/C35H37FO3/c1-22-9-14-32(36)28(17-22)26-13-10-23(18-27(26)29-8-6-15-34(29,2)3)21-39-25-12-11-24-7-4-5-16-35(30(24)19-25)20-31(35)33(37)38/h8-14,17-19,31H,4-7,15-16,20-21H2,1-3H3,(H,37,38)/t31-,35+/m1/s1. The van der Waals surface area contributed by atoms with E-state index in [9.17, 15) is 9.90 Å². The maximum atomic E-state index is 15.0. The van der Waals surface area contributed by atoms with Gasteiger partial charge in [0.05, 0.1) is 5.92 Å². The second kappa shape index (κ2) is 9.66. The van der Waals surface area contributed by atoms with Gasteiger partial charge in [-0.1, -0.05) is 56.2 Å². The van der Waals surface area contributed by atoms with Gasteiger partial charge in [-0.25, -0.2) is 4.39 Å². The summed E-state index contributed by atoms with van der Waals surface area (Å²) in [5.74, 6) is -0.400. The lowest BCUT2D eigenvalue weighted by Gasteiger charge is -2.25. The van der Waals surface area contributed by atoms with Crippen LogP contribution in [0.3, 0.4) is 0 Å². The van der Waals surface area contributed by atoms with E-state index in [-0.39, 0.29) is 22.6 Å². The number of carbonyl (C=O) groups is 1. The summed E-state index contributed by atoms with van der Waals surface area (Å²) in [6.07, 6.45) is 9.23. The van der Waals surface area contributed by atoms with Gasteiger partial charge in [-0.3, -0.25) is 4.79 Å². The van der Waals surface area contributed by atoms with Crippen LogP contribution >= 0.6 is 0 Å². The molecule has 39 heavy (non-hydrogen) atoms. The second-order valence-electron chi connectivity index (χ2n) is 12.5. The highest BCUT2D eigenvalue weighted by Gasteiger charge is 2.60. The first-order chi connectivity index (χ1) is 18.7. The highest BCUT2D eigenvalue weighted by molar-refractivity contribution is 5.85. The van der Waals surface area contributed by atoms with Crippen LogP contribution in [0.4, 0.5) is 4.39 Å². The minimum Gasteiger partial charge on any atom is -0.489 e. The number of allylic oxidation sites excluding steroid dienone is 2. The zero-order chi connectivity index (χ0) is 27.4. The molecule has 0 aromatic heterocycles. The average molecular weight is 525 g/mol. The number of hydrogen-bond donors (Lipinski definition) is 1. The summed E-state index contributed by atoms with van der Waals surface area (Å²) >= 11 is 0. The lowest BCUT2D eigenvalue weighted by molar-refractivity contribution is -0.139. The Morgan fingerprint density at radius 2 is 1.85 bits per heavy atom. The molecule has 3 aliphatic carbocycles. The number of halogens is 1. The van der Waals surface area contributed by atoms with E-state index < -0.39 is 5.97 Å². The number of rotatable bonds is 6. The summed E-state index contributed by atoms with van der Waals surface area (Å²) in [6, 6.07) is 17.8. The molecule has 0 amide bonds. The van der Waals surface area contributed by atoms with Crippen LogP contribution < -0.4 is 4.74 Å². The molecule has 2 atom stereocenters. The molecule has 6 rings (SSSR count). The summed E-state index contributed by atoms with van der Waals surface area (Å²) in [5, 5.41) is 9.74. The first-order valence-corrected chi connectivity index (χ1v) is 14.3. The monoisotopic (exact) mass is 524 g/mol. The van der Waals surface area contributed by atoms with Gasteiger partial charge in [0.15, 0.2) is 0 Å². The summed E-state index contributed by atoms with van der Waals surface area (Å²) in [5.41, 5.74) is 8.19. The molecule has 0 unspecified atom stereocenters. The molecule has 1 N–H and O–H groups in total. The van der Waals surface area contributed by atoms with Crippen molar-refractivity contribution in [3.05, 3.63) is 94.3 Å². The maximum Gasteiger partial charge on any atom is 0.307 e. The van der Waals surface area contributed by atoms with E-state index in [2.05, 4.69) is 38.1 Å². The number of aryl methyl sites for hydroxylation is 2. The summed E-state index contributed by atoms with van der Waals surface area (Å²) in [7, 11) is 0. The largest absolute Gasteiger partial charge is 0.489 e. The second-order valence-corrected chi connectivity index (χ2v) is 12.5. The Morgan fingerprint density at radius 1 is 1.00 bits per heavy atom. The van der Waals surface area contributed by atoms with Crippen molar-refractivity contribution in [1.82, 2.24) is 0 Å². The van der Waals surface area contributed by atoms with Crippen LogP contribution in [0.15, 0.2) is 60.7 Å². The number of ether oxygens (including phenoxy) is 1. The molecule has 3 aromatic carbocycles. The van der Waals surface area contributed by atoms with Gasteiger partial charge >= 0.3 is 5.97 Å². The average Bonchev–Trinajstić information content (AvgIpc) is 3.59. The molecule has 3 nitrogen and oxygen atoms in total. The van der Waals surface area contributed by atoms with E-state index in [1.54, 1.807) is 6.07 Å². The Bertz CT molecular complexity index is 1480. The van der Waals surface area contributed by atoms with E-state index >= 15 is 4.39 Å². The third kappa shape index (κ3) is 4.68. The molecule has 3 aliphatic rings. The minimum absolute atomic E-state index is 0.0186. The lowest BCUT2D eigenvalue weighted by atomic mass is 9.79. The predicted octanol–water partition coefficient (Wildman–Crippen LogP) is 8.65. The first-order valence-electron chi connectivity index (χ1n) is 14.3. The topological polar surface area (TPSA) is 46.5 Å². The third-order valence-electron chi connectivity index (χ3n) is 9.35. The van der Waals surface area contributed by atoms with E-state index in [4.69, 9.17) is 4.74 Å². The van der Waals surface area contributed by atoms with Crippen molar-refractivity contribution in [2.75, 3.05) is 0 Å². The molecule has 0 saturated heterocycles. The van der Waals surface area contributed by atoms with E-state index in [0.29, 0.717) is 12.2 Å². The molecule has 3 aromatic rings. The van der Waals surface area contributed by atoms with E-state index in [1.165, 1.54) is 16.7 Å².